The molecule has 0 radical (unpaired) electrons. The summed E-state index contributed by atoms with van der Waals surface area (Å²) in [6.07, 6.45) is 2.21. The number of nitrogen functional groups attached to an aromatic ring is 1. The number of amides is 1. The maximum absolute atomic E-state index is 11.1. The van der Waals surface area contributed by atoms with Crippen molar-refractivity contribution >= 4 is 22.9 Å². The number of hydrogen-bond donors (Lipinski definition) is 2. The van der Waals surface area contributed by atoms with Crippen LogP contribution >= 0.6 is 0 Å². The van der Waals surface area contributed by atoms with E-state index in [2.05, 4.69) is 15.1 Å². The third-order valence-corrected chi connectivity index (χ3v) is 3.71. The lowest BCUT2D eigenvalue weighted by Gasteiger charge is -2.30. The Morgan fingerprint density at radius 2 is 2.30 bits per heavy atom. The molecular weight excluding hydrogens is 260 g/mol. The Hall–Kier alpha value is -2.38. The van der Waals surface area contributed by atoms with E-state index in [9.17, 15) is 4.79 Å². The van der Waals surface area contributed by atoms with Crippen LogP contribution in [0.1, 0.15) is 24.6 Å². The molecule has 1 atom stereocenters. The Bertz CT molecular complexity index is 667. The molecule has 1 aliphatic rings. The van der Waals surface area contributed by atoms with Crippen molar-refractivity contribution < 1.29 is 9.90 Å². The second-order valence-electron chi connectivity index (χ2n) is 5.01. The summed E-state index contributed by atoms with van der Waals surface area (Å²) in [5.74, 6) is 0.407. The van der Waals surface area contributed by atoms with Gasteiger partial charge in [-0.25, -0.2) is 19.4 Å². The summed E-state index contributed by atoms with van der Waals surface area (Å²) in [6, 6.07) is -0.00894. The zero-order valence-corrected chi connectivity index (χ0v) is 11.2. The van der Waals surface area contributed by atoms with Gasteiger partial charge in [0.15, 0.2) is 5.65 Å². The predicted molar refractivity (Wildman–Crippen MR) is 72.3 cm³/mol. The summed E-state index contributed by atoms with van der Waals surface area (Å²) >= 11 is 0. The van der Waals surface area contributed by atoms with E-state index in [1.165, 1.54) is 11.2 Å². The highest BCUT2D eigenvalue weighted by atomic mass is 16.4. The number of hydrogen-bond acceptors (Lipinski definition) is 5. The van der Waals surface area contributed by atoms with Crippen molar-refractivity contribution in [3.63, 3.8) is 0 Å². The van der Waals surface area contributed by atoms with Gasteiger partial charge in [-0.05, 0) is 19.8 Å². The number of fused-ring (bicyclic) bond motifs is 1. The van der Waals surface area contributed by atoms with E-state index in [-0.39, 0.29) is 6.04 Å². The van der Waals surface area contributed by atoms with Crippen molar-refractivity contribution in [3.05, 3.63) is 12.0 Å². The molecule has 3 rings (SSSR count). The van der Waals surface area contributed by atoms with Crippen LogP contribution in [0, 0.1) is 6.92 Å². The number of aryl methyl sites for hydroxylation is 1. The molecule has 106 valence electrons. The first-order chi connectivity index (χ1) is 9.58. The van der Waals surface area contributed by atoms with Crippen molar-refractivity contribution in [3.8, 4) is 0 Å². The number of anilines is 1. The van der Waals surface area contributed by atoms with E-state index in [0.717, 1.165) is 23.9 Å². The van der Waals surface area contributed by atoms with Crippen LogP contribution in [0.25, 0.3) is 11.0 Å². The number of piperidine rings is 1. The fourth-order valence-electron chi connectivity index (χ4n) is 2.75. The van der Waals surface area contributed by atoms with E-state index in [1.807, 2.05) is 6.92 Å². The molecule has 1 fully saturated rings. The molecule has 0 aromatic carbocycles. The smallest absolute Gasteiger partial charge is 0.407 e. The molecule has 0 aliphatic carbocycles. The van der Waals surface area contributed by atoms with Crippen LogP contribution in [0.15, 0.2) is 6.33 Å². The summed E-state index contributed by atoms with van der Waals surface area (Å²) < 4.78 is 1.79. The predicted octanol–water partition coefficient (Wildman–Crippen LogP) is 1.03. The molecule has 0 spiro atoms. The highest BCUT2D eigenvalue weighted by Gasteiger charge is 2.27. The van der Waals surface area contributed by atoms with Crippen LogP contribution in [0.3, 0.4) is 0 Å². The van der Waals surface area contributed by atoms with Crippen LogP contribution in [-0.4, -0.2) is 48.9 Å². The summed E-state index contributed by atoms with van der Waals surface area (Å²) in [6.45, 7) is 2.85. The Morgan fingerprint density at radius 1 is 1.50 bits per heavy atom. The van der Waals surface area contributed by atoms with E-state index in [1.54, 1.807) is 4.68 Å². The number of nitrogens with zero attached hydrogens (tertiary/aromatic N) is 5. The second kappa shape index (κ2) is 4.62. The molecule has 2 aromatic rings. The largest absolute Gasteiger partial charge is 0.465 e. The molecule has 1 unspecified atom stereocenters. The fraction of sp³-hybridized carbons (Fsp3) is 0.500. The lowest BCUT2D eigenvalue weighted by molar-refractivity contribution is 0.120. The SMILES string of the molecule is Cc1nn(C2CCCN(C(=O)O)C2)c2ncnc(N)c12. The molecule has 2 aromatic heterocycles. The molecule has 8 nitrogen and oxygen atoms in total. The molecule has 1 amide bonds. The number of likely N-dealkylation sites (tertiary alicyclic amines) is 1. The van der Waals surface area contributed by atoms with Crippen molar-refractivity contribution in [1.29, 1.82) is 0 Å². The van der Waals surface area contributed by atoms with Crippen LogP contribution in [0.2, 0.25) is 0 Å². The van der Waals surface area contributed by atoms with Crippen molar-refractivity contribution in [2.75, 3.05) is 18.8 Å². The molecule has 3 N–H and O–H groups in total. The molecule has 1 saturated heterocycles. The van der Waals surface area contributed by atoms with Gasteiger partial charge in [0.05, 0.1) is 17.1 Å². The van der Waals surface area contributed by atoms with Crippen molar-refractivity contribution in [1.82, 2.24) is 24.6 Å². The minimum absolute atomic E-state index is 0.00894. The van der Waals surface area contributed by atoms with Crippen LogP contribution in [0.5, 0.6) is 0 Å². The summed E-state index contributed by atoms with van der Waals surface area (Å²) in [7, 11) is 0. The zero-order valence-electron chi connectivity index (χ0n) is 11.2. The molecule has 0 bridgehead atoms. The highest BCUT2D eigenvalue weighted by molar-refractivity contribution is 5.87. The number of aromatic nitrogens is 4. The van der Waals surface area contributed by atoms with Gasteiger partial charge >= 0.3 is 6.09 Å². The Kier molecular flexibility index (Phi) is 2.92. The van der Waals surface area contributed by atoms with E-state index < -0.39 is 6.09 Å². The van der Waals surface area contributed by atoms with Crippen LogP contribution in [0.4, 0.5) is 10.6 Å². The third kappa shape index (κ3) is 1.93. The summed E-state index contributed by atoms with van der Waals surface area (Å²) in [5.41, 5.74) is 7.31. The number of carbonyl (C=O) groups is 1. The fourth-order valence-corrected chi connectivity index (χ4v) is 2.75. The topological polar surface area (TPSA) is 110 Å². The minimum atomic E-state index is -0.892. The number of nitrogens with two attached hydrogens (primary N) is 1. The van der Waals surface area contributed by atoms with Crippen molar-refractivity contribution in [2.45, 2.75) is 25.8 Å². The van der Waals surface area contributed by atoms with Gasteiger partial charge in [-0.2, -0.15) is 5.10 Å². The third-order valence-electron chi connectivity index (χ3n) is 3.71. The zero-order chi connectivity index (χ0) is 14.3. The van der Waals surface area contributed by atoms with Gasteiger partial charge in [-0.15, -0.1) is 0 Å². The maximum atomic E-state index is 11.1. The van der Waals surface area contributed by atoms with Gasteiger partial charge < -0.3 is 15.7 Å². The van der Waals surface area contributed by atoms with E-state index in [0.29, 0.717) is 24.6 Å². The van der Waals surface area contributed by atoms with E-state index in [4.69, 9.17) is 10.8 Å². The van der Waals surface area contributed by atoms with Gasteiger partial charge in [0.2, 0.25) is 0 Å². The Labute approximate surface area is 115 Å². The molecule has 3 heterocycles. The quantitative estimate of drug-likeness (QED) is 0.805. The average Bonchev–Trinajstić information content (AvgIpc) is 2.78. The second-order valence-corrected chi connectivity index (χ2v) is 5.01. The Balaban J connectivity index is 2.02. The number of rotatable bonds is 1. The molecule has 8 heteroatoms. The average molecular weight is 276 g/mol. The monoisotopic (exact) mass is 276 g/mol. The highest BCUT2D eigenvalue weighted by Crippen LogP contribution is 2.27. The van der Waals surface area contributed by atoms with Gasteiger partial charge in [-0.3, -0.25) is 0 Å². The van der Waals surface area contributed by atoms with Gasteiger partial charge in [0.25, 0.3) is 0 Å². The summed E-state index contributed by atoms with van der Waals surface area (Å²) in [5, 5.41) is 14.3. The van der Waals surface area contributed by atoms with Crippen molar-refractivity contribution in [2.24, 2.45) is 0 Å². The Morgan fingerprint density at radius 3 is 3.05 bits per heavy atom. The van der Waals surface area contributed by atoms with E-state index >= 15 is 0 Å². The molecular formula is C12H16N6O2. The normalized spacial score (nSPS) is 19.4. The first kappa shape index (κ1) is 12.6. The number of carboxylic acid groups (broad SMARTS) is 1. The molecule has 0 saturated carbocycles. The van der Waals surface area contributed by atoms with Gasteiger partial charge in [0.1, 0.15) is 12.1 Å². The first-order valence-electron chi connectivity index (χ1n) is 6.51. The molecule has 20 heavy (non-hydrogen) atoms. The van der Waals surface area contributed by atoms with Crippen LogP contribution < -0.4 is 5.73 Å². The van der Waals surface area contributed by atoms with Gasteiger partial charge in [-0.1, -0.05) is 0 Å². The van der Waals surface area contributed by atoms with Gasteiger partial charge in [0, 0.05) is 13.1 Å². The maximum Gasteiger partial charge on any atom is 0.407 e. The lowest BCUT2D eigenvalue weighted by Crippen LogP contribution is -2.40. The summed E-state index contributed by atoms with van der Waals surface area (Å²) in [4.78, 5) is 20.8. The first-order valence-corrected chi connectivity index (χ1v) is 6.51. The van der Waals surface area contributed by atoms with Crippen LogP contribution in [-0.2, 0) is 0 Å². The molecule has 1 aliphatic heterocycles. The minimum Gasteiger partial charge on any atom is -0.465 e. The lowest BCUT2D eigenvalue weighted by atomic mass is 10.1. The standard InChI is InChI=1S/C12H16N6O2/c1-7-9-10(13)14-6-15-11(9)18(16-7)8-3-2-4-17(5-8)12(19)20/h6,8H,2-5H2,1H3,(H,19,20)(H2,13,14,15).